The number of aromatic nitrogens is 3. The summed E-state index contributed by atoms with van der Waals surface area (Å²) in [5.41, 5.74) is 6.10. The van der Waals surface area contributed by atoms with Crippen LogP contribution in [-0.2, 0) is 6.42 Å². The minimum Gasteiger partial charge on any atom is -0.335 e. The van der Waals surface area contributed by atoms with Crippen molar-refractivity contribution in [3.8, 4) is 0 Å². The number of aryl methyl sites for hydroxylation is 1. The first-order valence-corrected chi connectivity index (χ1v) is 7.16. The summed E-state index contributed by atoms with van der Waals surface area (Å²) in [6.07, 6.45) is 6.89. The maximum Gasteiger partial charge on any atom is 0.244 e. The zero-order valence-electron chi connectivity index (χ0n) is 11.5. The highest BCUT2D eigenvalue weighted by Crippen LogP contribution is 2.20. The van der Waals surface area contributed by atoms with E-state index in [9.17, 15) is 0 Å². The SMILES string of the molecule is CCCCCc1nc(N2CCCC(N)C2C)n[nH]1. The standard InChI is InChI=1S/C13H25N5/c1-3-4-5-8-12-15-13(17-16-12)18-9-6-7-11(14)10(18)2/h10-11H,3-9,14H2,1-2H3,(H,15,16,17). The van der Waals surface area contributed by atoms with Crippen LogP contribution in [0.4, 0.5) is 5.95 Å². The van der Waals surface area contributed by atoms with Gasteiger partial charge in [0.15, 0.2) is 0 Å². The maximum atomic E-state index is 6.10. The Balaban J connectivity index is 1.96. The van der Waals surface area contributed by atoms with Crippen molar-refractivity contribution in [2.24, 2.45) is 5.73 Å². The fourth-order valence-electron chi connectivity index (χ4n) is 2.52. The Morgan fingerprint density at radius 2 is 2.28 bits per heavy atom. The molecule has 18 heavy (non-hydrogen) atoms. The predicted molar refractivity (Wildman–Crippen MR) is 73.6 cm³/mol. The molecule has 1 aliphatic heterocycles. The van der Waals surface area contributed by atoms with Gasteiger partial charge in [-0.1, -0.05) is 19.8 Å². The summed E-state index contributed by atoms with van der Waals surface area (Å²) in [5.74, 6) is 1.83. The third-order valence-electron chi connectivity index (χ3n) is 3.84. The number of nitrogens with two attached hydrogens (primary N) is 1. The molecule has 5 nitrogen and oxygen atoms in total. The van der Waals surface area contributed by atoms with Gasteiger partial charge in [0.1, 0.15) is 5.82 Å². The molecule has 2 heterocycles. The van der Waals surface area contributed by atoms with E-state index < -0.39 is 0 Å². The average molecular weight is 251 g/mol. The van der Waals surface area contributed by atoms with Crippen LogP contribution in [0.3, 0.4) is 0 Å². The van der Waals surface area contributed by atoms with Gasteiger partial charge in [-0.25, -0.2) is 0 Å². The molecule has 1 aromatic heterocycles. The molecule has 1 aliphatic rings. The fourth-order valence-corrected chi connectivity index (χ4v) is 2.52. The number of unbranched alkanes of at least 4 members (excludes halogenated alkanes) is 2. The van der Waals surface area contributed by atoms with E-state index in [1.165, 1.54) is 19.3 Å². The Bertz CT molecular complexity index is 362. The van der Waals surface area contributed by atoms with Crippen molar-refractivity contribution in [2.75, 3.05) is 11.4 Å². The van der Waals surface area contributed by atoms with Crippen molar-refractivity contribution in [1.29, 1.82) is 0 Å². The van der Waals surface area contributed by atoms with Crippen molar-refractivity contribution < 1.29 is 0 Å². The zero-order valence-corrected chi connectivity index (χ0v) is 11.5. The van der Waals surface area contributed by atoms with Crippen molar-refractivity contribution >= 4 is 5.95 Å². The Morgan fingerprint density at radius 3 is 3.06 bits per heavy atom. The number of nitrogens with one attached hydrogen (secondary N) is 1. The van der Waals surface area contributed by atoms with Crippen molar-refractivity contribution in [1.82, 2.24) is 15.2 Å². The summed E-state index contributed by atoms with van der Waals surface area (Å²) < 4.78 is 0. The first kappa shape index (κ1) is 13.3. The molecule has 5 heteroatoms. The molecule has 0 amide bonds. The van der Waals surface area contributed by atoms with Gasteiger partial charge in [-0.05, 0) is 26.2 Å². The average Bonchev–Trinajstić information content (AvgIpc) is 2.82. The Hall–Kier alpha value is -1.10. The van der Waals surface area contributed by atoms with E-state index in [4.69, 9.17) is 5.73 Å². The van der Waals surface area contributed by atoms with E-state index in [1.807, 2.05) is 0 Å². The highest BCUT2D eigenvalue weighted by molar-refractivity contribution is 5.32. The number of anilines is 1. The van der Waals surface area contributed by atoms with Crippen LogP contribution >= 0.6 is 0 Å². The van der Waals surface area contributed by atoms with Gasteiger partial charge in [-0.3, -0.25) is 5.10 Å². The van der Waals surface area contributed by atoms with E-state index in [-0.39, 0.29) is 6.04 Å². The highest BCUT2D eigenvalue weighted by atomic mass is 15.4. The molecule has 1 saturated heterocycles. The van der Waals surface area contributed by atoms with E-state index in [1.54, 1.807) is 0 Å². The minimum absolute atomic E-state index is 0.237. The quantitative estimate of drug-likeness (QED) is 0.784. The number of nitrogens with zero attached hydrogens (tertiary/aromatic N) is 3. The van der Waals surface area contributed by atoms with E-state index >= 15 is 0 Å². The van der Waals surface area contributed by atoms with Crippen LogP contribution in [0.2, 0.25) is 0 Å². The molecule has 0 radical (unpaired) electrons. The molecular formula is C13H25N5. The molecule has 2 rings (SSSR count). The molecule has 3 N–H and O–H groups in total. The van der Waals surface area contributed by atoms with Crippen LogP contribution in [0, 0.1) is 0 Å². The van der Waals surface area contributed by atoms with Gasteiger partial charge >= 0.3 is 0 Å². The van der Waals surface area contributed by atoms with Crippen LogP contribution in [0.1, 0.15) is 51.8 Å². The molecule has 2 atom stereocenters. The topological polar surface area (TPSA) is 70.8 Å². The summed E-state index contributed by atoms with van der Waals surface area (Å²) in [6.45, 7) is 5.39. The fraction of sp³-hybridized carbons (Fsp3) is 0.846. The van der Waals surface area contributed by atoms with E-state index in [0.29, 0.717) is 6.04 Å². The molecule has 0 spiro atoms. The van der Waals surface area contributed by atoms with Crippen molar-refractivity contribution in [3.05, 3.63) is 5.82 Å². The largest absolute Gasteiger partial charge is 0.335 e. The minimum atomic E-state index is 0.237. The van der Waals surface area contributed by atoms with Gasteiger partial charge < -0.3 is 10.6 Å². The molecule has 0 saturated carbocycles. The monoisotopic (exact) mass is 251 g/mol. The molecule has 102 valence electrons. The molecule has 1 aromatic rings. The summed E-state index contributed by atoms with van der Waals surface area (Å²) in [6, 6.07) is 0.568. The second kappa shape index (κ2) is 6.18. The van der Waals surface area contributed by atoms with Crippen LogP contribution in [-0.4, -0.2) is 33.8 Å². The lowest BCUT2D eigenvalue weighted by Crippen LogP contribution is -2.50. The number of rotatable bonds is 5. The third-order valence-corrected chi connectivity index (χ3v) is 3.84. The molecular weight excluding hydrogens is 226 g/mol. The zero-order chi connectivity index (χ0) is 13.0. The third kappa shape index (κ3) is 3.02. The number of piperidine rings is 1. The van der Waals surface area contributed by atoms with Gasteiger partial charge in [0.25, 0.3) is 0 Å². The second-order valence-corrected chi connectivity index (χ2v) is 5.28. The Morgan fingerprint density at radius 1 is 1.44 bits per heavy atom. The summed E-state index contributed by atoms with van der Waals surface area (Å²) in [7, 11) is 0. The summed E-state index contributed by atoms with van der Waals surface area (Å²) >= 11 is 0. The van der Waals surface area contributed by atoms with Gasteiger partial charge in [0, 0.05) is 25.0 Å². The van der Waals surface area contributed by atoms with Gasteiger partial charge in [0.05, 0.1) is 0 Å². The second-order valence-electron chi connectivity index (χ2n) is 5.28. The molecule has 0 aromatic carbocycles. The van der Waals surface area contributed by atoms with Crippen LogP contribution < -0.4 is 10.6 Å². The van der Waals surface area contributed by atoms with Crippen molar-refractivity contribution in [2.45, 2.75) is 64.5 Å². The number of hydrogen-bond acceptors (Lipinski definition) is 4. The molecule has 1 fully saturated rings. The first-order valence-electron chi connectivity index (χ1n) is 7.16. The summed E-state index contributed by atoms with van der Waals surface area (Å²) in [4.78, 5) is 6.82. The molecule has 0 bridgehead atoms. The maximum absolute atomic E-state index is 6.10. The molecule has 0 aliphatic carbocycles. The predicted octanol–water partition coefficient (Wildman–Crippen LogP) is 1.85. The normalized spacial score (nSPS) is 24.5. The number of hydrogen-bond donors (Lipinski definition) is 2. The smallest absolute Gasteiger partial charge is 0.244 e. The molecule has 2 unspecified atom stereocenters. The summed E-state index contributed by atoms with van der Waals surface area (Å²) in [5, 5.41) is 7.39. The highest BCUT2D eigenvalue weighted by Gasteiger charge is 2.27. The Labute approximate surface area is 109 Å². The van der Waals surface area contributed by atoms with Gasteiger partial charge in [0.2, 0.25) is 5.95 Å². The van der Waals surface area contributed by atoms with Gasteiger partial charge in [-0.2, -0.15) is 4.98 Å². The number of aromatic amines is 1. The van der Waals surface area contributed by atoms with Crippen molar-refractivity contribution in [3.63, 3.8) is 0 Å². The number of H-pyrrole nitrogens is 1. The van der Waals surface area contributed by atoms with E-state index in [0.717, 1.165) is 37.6 Å². The lowest BCUT2D eigenvalue weighted by Gasteiger charge is -2.36. The van der Waals surface area contributed by atoms with Crippen LogP contribution in [0.25, 0.3) is 0 Å². The van der Waals surface area contributed by atoms with Crippen LogP contribution in [0.5, 0.6) is 0 Å². The Kier molecular flexibility index (Phi) is 4.58. The van der Waals surface area contributed by atoms with Gasteiger partial charge in [-0.15, -0.1) is 5.10 Å². The first-order chi connectivity index (χ1) is 8.72. The van der Waals surface area contributed by atoms with E-state index in [2.05, 4.69) is 33.9 Å². The lowest BCUT2D eigenvalue weighted by atomic mass is 9.99. The van der Waals surface area contributed by atoms with Crippen LogP contribution in [0.15, 0.2) is 0 Å². The lowest BCUT2D eigenvalue weighted by molar-refractivity contribution is 0.416.